The molecule has 1 heterocycles. The van der Waals surface area contributed by atoms with Gasteiger partial charge in [-0.05, 0) is 50.6 Å². The van der Waals surface area contributed by atoms with E-state index < -0.39 is 17.9 Å². The lowest BCUT2D eigenvalue weighted by Crippen LogP contribution is -2.25. The van der Waals surface area contributed by atoms with Crippen LogP contribution >= 0.6 is 0 Å². The molecule has 158 valence electrons. The molecular weight excluding hydrogens is 396 g/mol. The van der Waals surface area contributed by atoms with Gasteiger partial charge in [0.15, 0.2) is 0 Å². The van der Waals surface area contributed by atoms with E-state index in [1.54, 1.807) is 50.2 Å². The smallest absolute Gasteiger partial charge is 0.343 e. The zero-order valence-electron chi connectivity index (χ0n) is 17.5. The van der Waals surface area contributed by atoms with E-state index in [4.69, 9.17) is 19.9 Å². The van der Waals surface area contributed by atoms with Crippen molar-refractivity contribution in [3.05, 3.63) is 88.0 Å². The number of allylic oxidation sites excluding steroid dienone is 2. The van der Waals surface area contributed by atoms with E-state index in [0.29, 0.717) is 16.9 Å². The van der Waals surface area contributed by atoms with Gasteiger partial charge in [-0.3, -0.25) is 0 Å². The minimum absolute atomic E-state index is 0.0621. The van der Waals surface area contributed by atoms with Crippen molar-refractivity contribution in [2.75, 3.05) is 6.61 Å². The van der Waals surface area contributed by atoms with Crippen LogP contribution in [0, 0.1) is 18.3 Å². The summed E-state index contributed by atoms with van der Waals surface area (Å²) in [6.45, 7) is 5.40. The highest BCUT2D eigenvalue weighted by Gasteiger charge is 2.36. The Hall–Kier alpha value is -4.05. The molecule has 0 saturated heterocycles. The van der Waals surface area contributed by atoms with Crippen molar-refractivity contribution < 1.29 is 23.8 Å². The molecule has 2 N–H and O–H groups in total. The zero-order chi connectivity index (χ0) is 22.5. The van der Waals surface area contributed by atoms with Crippen LogP contribution in [0.4, 0.5) is 0 Å². The molecule has 7 heteroatoms. The van der Waals surface area contributed by atoms with Crippen molar-refractivity contribution in [1.82, 2.24) is 0 Å². The molecule has 7 nitrogen and oxygen atoms in total. The summed E-state index contributed by atoms with van der Waals surface area (Å²) in [5.41, 5.74) is 8.30. The third kappa shape index (κ3) is 4.59. The molecule has 0 fully saturated rings. The number of carbonyl (C=O) groups excluding carboxylic acids is 2. The lowest BCUT2D eigenvalue weighted by atomic mass is 9.83. The molecular formula is C24H22N2O5. The Morgan fingerprint density at radius 1 is 1.06 bits per heavy atom. The maximum Gasteiger partial charge on any atom is 0.343 e. The second-order valence-electron chi connectivity index (χ2n) is 6.94. The Balaban J connectivity index is 1.90. The molecule has 2 aromatic rings. The summed E-state index contributed by atoms with van der Waals surface area (Å²) in [6.07, 6.45) is 0. The number of esters is 2. The Kier molecular flexibility index (Phi) is 6.41. The largest absolute Gasteiger partial charge is 0.463 e. The molecule has 0 bridgehead atoms. The Bertz CT molecular complexity index is 1110. The van der Waals surface area contributed by atoms with Gasteiger partial charge in [-0.1, -0.05) is 29.8 Å². The molecule has 1 atom stereocenters. The highest BCUT2D eigenvalue weighted by Crippen LogP contribution is 2.40. The molecule has 3 rings (SSSR count). The van der Waals surface area contributed by atoms with Crippen LogP contribution in [0.5, 0.6) is 5.75 Å². The summed E-state index contributed by atoms with van der Waals surface area (Å²) in [5, 5.41) is 9.62. The monoisotopic (exact) mass is 418 g/mol. The van der Waals surface area contributed by atoms with Gasteiger partial charge in [-0.25, -0.2) is 9.59 Å². The predicted octanol–water partition coefficient (Wildman–Crippen LogP) is 3.86. The molecule has 0 aliphatic carbocycles. The van der Waals surface area contributed by atoms with Crippen LogP contribution in [-0.4, -0.2) is 18.5 Å². The van der Waals surface area contributed by atoms with Gasteiger partial charge < -0.3 is 19.9 Å². The van der Waals surface area contributed by atoms with E-state index in [2.05, 4.69) is 0 Å². The molecule has 0 amide bonds. The van der Waals surface area contributed by atoms with Gasteiger partial charge in [0, 0.05) is 0 Å². The van der Waals surface area contributed by atoms with Gasteiger partial charge in [0.05, 0.1) is 23.7 Å². The number of rotatable bonds is 5. The van der Waals surface area contributed by atoms with E-state index in [9.17, 15) is 14.9 Å². The van der Waals surface area contributed by atoms with Gasteiger partial charge in [0.25, 0.3) is 0 Å². The maximum absolute atomic E-state index is 12.6. The number of hydrogen-bond donors (Lipinski definition) is 1. The van der Waals surface area contributed by atoms with Gasteiger partial charge in [0.1, 0.15) is 23.2 Å². The lowest BCUT2D eigenvalue weighted by Gasteiger charge is -2.26. The van der Waals surface area contributed by atoms with Crippen LogP contribution in [0.2, 0.25) is 0 Å². The maximum atomic E-state index is 12.6. The Labute approximate surface area is 180 Å². The third-order valence-electron chi connectivity index (χ3n) is 4.81. The number of nitrogens with zero attached hydrogens (tertiary/aromatic N) is 1. The fourth-order valence-electron chi connectivity index (χ4n) is 3.27. The first-order valence-electron chi connectivity index (χ1n) is 9.70. The molecule has 1 aliphatic heterocycles. The van der Waals surface area contributed by atoms with Crippen LogP contribution in [0.15, 0.2) is 71.3 Å². The van der Waals surface area contributed by atoms with Crippen molar-refractivity contribution in [2.45, 2.75) is 26.7 Å². The summed E-state index contributed by atoms with van der Waals surface area (Å²) in [7, 11) is 0. The van der Waals surface area contributed by atoms with Crippen molar-refractivity contribution in [3.8, 4) is 11.8 Å². The summed E-state index contributed by atoms with van der Waals surface area (Å²) < 4.78 is 16.0. The molecule has 1 aliphatic rings. The number of hydrogen-bond acceptors (Lipinski definition) is 7. The highest BCUT2D eigenvalue weighted by molar-refractivity contribution is 5.93. The number of nitriles is 1. The Morgan fingerprint density at radius 2 is 1.71 bits per heavy atom. The number of nitrogens with two attached hydrogens (primary N) is 1. The molecule has 0 aromatic heterocycles. The van der Waals surface area contributed by atoms with Crippen LogP contribution < -0.4 is 10.5 Å². The first-order valence-corrected chi connectivity index (χ1v) is 9.70. The van der Waals surface area contributed by atoms with Crippen molar-refractivity contribution >= 4 is 11.9 Å². The quantitative estimate of drug-likeness (QED) is 0.580. The number of benzene rings is 2. The van der Waals surface area contributed by atoms with Crippen LogP contribution in [0.3, 0.4) is 0 Å². The van der Waals surface area contributed by atoms with Gasteiger partial charge in [-0.2, -0.15) is 5.26 Å². The average molecular weight is 418 g/mol. The third-order valence-corrected chi connectivity index (χ3v) is 4.81. The second-order valence-corrected chi connectivity index (χ2v) is 6.94. The predicted molar refractivity (Wildman–Crippen MR) is 113 cm³/mol. The molecule has 2 aromatic carbocycles. The molecule has 1 unspecified atom stereocenters. The first kappa shape index (κ1) is 21.7. The van der Waals surface area contributed by atoms with Crippen LogP contribution in [-0.2, 0) is 14.3 Å². The normalized spacial score (nSPS) is 15.7. The average Bonchev–Trinajstić information content (AvgIpc) is 2.74. The summed E-state index contributed by atoms with van der Waals surface area (Å²) in [6, 6.07) is 15.6. The standard InChI is InChI=1S/C24H22N2O5/c1-4-29-24(28)20-15(3)30-22(26)19(13-25)21(20)16-9-11-18(12-10-16)31-23(27)17-7-5-14(2)6-8-17/h5-12,21H,4,26H2,1-3H3. The van der Waals surface area contributed by atoms with E-state index in [-0.39, 0.29) is 29.4 Å². The second kappa shape index (κ2) is 9.18. The molecule has 0 spiro atoms. The van der Waals surface area contributed by atoms with E-state index in [0.717, 1.165) is 5.56 Å². The lowest BCUT2D eigenvalue weighted by molar-refractivity contribution is -0.139. The highest BCUT2D eigenvalue weighted by atomic mass is 16.5. The number of ether oxygens (including phenoxy) is 3. The Morgan fingerprint density at radius 3 is 2.29 bits per heavy atom. The fourth-order valence-corrected chi connectivity index (χ4v) is 3.27. The SMILES string of the molecule is CCOC(=O)C1=C(C)OC(N)=C(C#N)C1c1ccc(OC(=O)c2ccc(C)cc2)cc1. The number of carbonyl (C=O) groups is 2. The van der Waals surface area contributed by atoms with Gasteiger partial charge >= 0.3 is 11.9 Å². The van der Waals surface area contributed by atoms with Crippen molar-refractivity contribution in [3.63, 3.8) is 0 Å². The first-order chi connectivity index (χ1) is 14.8. The summed E-state index contributed by atoms with van der Waals surface area (Å²) in [4.78, 5) is 24.9. The number of aryl methyl sites for hydroxylation is 1. The van der Waals surface area contributed by atoms with Crippen LogP contribution in [0.1, 0.15) is 41.3 Å². The van der Waals surface area contributed by atoms with E-state index in [1.165, 1.54) is 0 Å². The van der Waals surface area contributed by atoms with Gasteiger partial charge in [0.2, 0.25) is 5.88 Å². The molecule has 31 heavy (non-hydrogen) atoms. The molecule has 0 saturated carbocycles. The summed E-state index contributed by atoms with van der Waals surface area (Å²) in [5.74, 6) is -1.28. The van der Waals surface area contributed by atoms with Gasteiger partial charge in [-0.15, -0.1) is 0 Å². The topological polar surface area (TPSA) is 112 Å². The minimum atomic E-state index is -0.750. The van der Waals surface area contributed by atoms with Crippen molar-refractivity contribution in [1.29, 1.82) is 5.26 Å². The summed E-state index contributed by atoms with van der Waals surface area (Å²) >= 11 is 0. The van der Waals surface area contributed by atoms with E-state index >= 15 is 0 Å². The molecule has 0 radical (unpaired) electrons. The minimum Gasteiger partial charge on any atom is -0.463 e. The van der Waals surface area contributed by atoms with Crippen LogP contribution in [0.25, 0.3) is 0 Å². The van der Waals surface area contributed by atoms with E-state index in [1.807, 2.05) is 25.1 Å². The zero-order valence-corrected chi connectivity index (χ0v) is 17.5. The van der Waals surface area contributed by atoms with Crippen molar-refractivity contribution in [2.24, 2.45) is 5.73 Å². The fraction of sp³-hybridized carbons (Fsp3) is 0.208.